The van der Waals surface area contributed by atoms with Gasteiger partial charge in [-0.05, 0) is 36.5 Å². The Bertz CT molecular complexity index is 487. The van der Waals surface area contributed by atoms with E-state index < -0.39 is 29.0 Å². The van der Waals surface area contributed by atoms with Crippen LogP contribution in [0.3, 0.4) is 0 Å². The molecule has 1 rings (SSSR count). The minimum Gasteiger partial charge on any atom is -0.370 e. The lowest BCUT2D eigenvalue weighted by Gasteiger charge is -2.27. The predicted octanol–water partition coefficient (Wildman–Crippen LogP) is 2.56. The number of carbonyl (C=O) groups is 1. The van der Waals surface area contributed by atoms with E-state index in [1.54, 1.807) is 0 Å². The maximum absolute atomic E-state index is 13.8. The van der Waals surface area contributed by atoms with E-state index in [1.165, 1.54) is 6.92 Å². The molecule has 106 valence electrons. The van der Waals surface area contributed by atoms with E-state index in [0.29, 0.717) is 6.42 Å². The minimum absolute atomic E-state index is 0.126. The summed E-state index contributed by atoms with van der Waals surface area (Å²) in [6, 6.07) is 1.57. The van der Waals surface area contributed by atoms with Crippen LogP contribution in [0, 0.1) is 24.0 Å². The third kappa shape index (κ3) is 4.28. The molecule has 1 aromatic carbocycles. The Morgan fingerprint density at radius 3 is 2.42 bits per heavy atom. The minimum atomic E-state index is -0.676. The van der Waals surface area contributed by atoms with Gasteiger partial charge in [0, 0.05) is 18.0 Å². The average Bonchev–Trinajstić information content (AvgIpc) is 2.20. The van der Waals surface area contributed by atoms with Crippen molar-refractivity contribution in [1.82, 2.24) is 0 Å². The Hall–Kier alpha value is -1.49. The molecule has 0 aliphatic carbocycles. The number of carbonyl (C=O) groups excluding carboxylic acids is 1. The van der Waals surface area contributed by atoms with Crippen molar-refractivity contribution in [2.24, 2.45) is 16.9 Å². The zero-order chi connectivity index (χ0) is 14.8. The molecule has 19 heavy (non-hydrogen) atoms. The number of amides is 1. The standard InChI is InChI=1S/C14H20F2N2O/c1-8-4-11(16)9(5-10(8)15)12(17)6-14(2,3)7-13(18)19/h4-5,12H,6-7,17H2,1-3H3,(H2,18,19). The SMILES string of the molecule is Cc1cc(F)c(C(N)CC(C)(C)CC(N)=O)cc1F. The van der Waals surface area contributed by atoms with Gasteiger partial charge in [0.1, 0.15) is 11.6 Å². The van der Waals surface area contributed by atoms with Crippen molar-refractivity contribution in [3.63, 3.8) is 0 Å². The fraction of sp³-hybridized carbons (Fsp3) is 0.500. The number of nitrogens with two attached hydrogens (primary N) is 2. The smallest absolute Gasteiger partial charge is 0.217 e. The number of halogens is 2. The van der Waals surface area contributed by atoms with Crippen LogP contribution < -0.4 is 11.5 Å². The van der Waals surface area contributed by atoms with Gasteiger partial charge >= 0.3 is 0 Å². The molecule has 0 fully saturated rings. The molecule has 4 N–H and O–H groups in total. The molecule has 0 heterocycles. The summed E-state index contributed by atoms with van der Waals surface area (Å²) < 4.78 is 27.2. The molecule has 0 saturated heterocycles. The molecule has 3 nitrogen and oxygen atoms in total. The lowest BCUT2D eigenvalue weighted by molar-refractivity contribution is -0.120. The summed E-state index contributed by atoms with van der Waals surface area (Å²) in [6.45, 7) is 5.13. The van der Waals surface area contributed by atoms with E-state index in [9.17, 15) is 13.6 Å². The Labute approximate surface area is 112 Å². The van der Waals surface area contributed by atoms with Crippen molar-refractivity contribution in [2.45, 2.75) is 39.7 Å². The van der Waals surface area contributed by atoms with Crippen molar-refractivity contribution in [3.8, 4) is 0 Å². The van der Waals surface area contributed by atoms with Gasteiger partial charge in [0.2, 0.25) is 5.91 Å². The van der Waals surface area contributed by atoms with Gasteiger partial charge in [-0.2, -0.15) is 0 Å². The molecule has 1 unspecified atom stereocenters. The molecule has 0 spiro atoms. The molecule has 0 bridgehead atoms. The number of aryl methyl sites for hydroxylation is 1. The van der Waals surface area contributed by atoms with E-state index in [1.807, 2.05) is 13.8 Å². The summed E-state index contributed by atoms with van der Waals surface area (Å²) in [5.41, 5.74) is 11.0. The zero-order valence-electron chi connectivity index (χ0n) is 11.5. The van der Waals surface area contributed by atoms with Crippen LogP contribution in [0.5, 0.6) is 0 Å². The lowest BCUT2D eigenvalue weighted by atomic mass is 9.80. The van der Waals surface area contributed by atoms with Crippen LogP contribution in [0.1, 0.15) is 43.9 Å². The summed E-state index contributed by atoms with van der Waals surface area (Å²) in [5.74, 6) is -1.45. The summed E-state index contributed by atoms with van der Waals surface area (Å²) in [6.07, 6.45) is 0.492. The Kier molecular flexibility index (Phi) is 4.63. The van der Waals surface area contributed by atoms with Gasteiger partial charge in [-0.3, -0.25) is 4.79 Å². The van der Waals surface area contributed by atoms with E-state index in [4.69, 9.17) is 11.5 Å². The van der Waals surface area contributed by atoms with E-state index in [2.05, 4.69) is 0 Å². The monoisotopic (exact) mass is 270 g/mol. The first-order valence-corrected chi connectivity index (χ1v) is 6.12. The zero-order valence-corrected chi connectivity index (χ0v) is 11.5. The first-order valence-electron chi connectivity index (χ1n) is 6.12. The summed E-state index contributed by atoms with van der Waals surface area (Å²) in [4.78, 5) is 10.9. The molecule has 0 radical (unpaired) electrons. The highest BCUT2D eigenvalue weighted by Gasteiger charge is 2.26. The van der Waals surface area contributed by atoms with Crippen molar-refractivity contribution < 1.29 is 13.6 Å². The number of hydrogen-bond donors (Lipinski definition) is 2. The maximum Gasteiger partial charge on any atom is 0.217 e. The van der Waals surface area contributed by atoms with Crippen molar-refractivity contribution in [3.05, 3.63) is 34.9 Å². The highest BCUT2D eigenvalue weighted by Crippen LogP contribution is 2.32. The first kappa shape index (κ1) is 15.6. The molecule has 0 aliphatic rings. The van der Waals surface area contributed by atoms with Crippen LogP contribution in [-0.2, 0) is 4.79 Å². The summed E-state index contributed by atoms with van der Waals surface area (Å²) in [7, 11) is 0. The van der Waals surface area contributed by atoms with E-state index in [-0.39, 0.29) is 17.5 Å². The van der Waals surface area contributed by atoms with Gasteiger partial charge in [-0.1, -0.05) is 13.8 Å². The topological polar surface area (TPSA) is 69.1 Å². The fourth-order valence-corrected chi connectivity index (χ4v) is 2.19. The number of hydrogen-bond acceptors (Lipinski definition) is 2. The molecule has 0 aliphatic heterocycles. The van der Waals surface area contributed by atoms with Gasteiger partial charge in [0.15, 0.2) is 0 Å². The molecule has 0 aromatic heterocycles. The maximum atomic E-state index is 13.8. The molecule has 1 atom stereocenters. The van der Waals surface area contributed by atoms with Crippen molar-refractivity contribution in [2.75, 3.05) is 0 Å². The second kappa shape index (κ2) is 5.65. The van der Waals surface area contributed by atoms with Gasteiger partial charge in [-0.25, -0.2) is 8.78 Å². The van der Waals surface area contributed by atoms with Crippen LogP contribution in [0.15, 0.2) is 12.1 Å². The normalized spacial score (nSPS) is 13.4. The quantitative estimate of drug-likeness (QED) is 0.863. The molecule has 5 heteroatoms. The highest BCUT2D eigenvalue weighted by molar-refractivity contribution is 5.74. The lowest BCUT2D eigenvalue weighted by Crippen LogP contribution is -2.27. The largest absolute Gasteiger partial charge is 0.370 e. The van der Waals surface area contributed by atoms with E-state index >= 15 is 0 Å². The Balaban J connectivity index is 2.92. The average molecular weight is 270 g/mol. The second-order valence-electron chi connectivity index (χ2n) is 5.74. The molecule has 1 aromatic rings. The molecule has 1 amide bonds. The summed E-state index contributed by atoms with van der Waals surface area (Å²) >= 11 is 0. The number of rotatable bonds is 5. The first-order chi connectivity index (χ1) is 8.62. The third-order valence-electron chi connectivity index (χ3n) is 3.10. The predicted molar refractivity (Wildman–Crippen MR) is 70.2 cm³/mol. The van der Waals surface area contributed by atoms with Gasteiger partial charge in [0.25, 0.3) is 0 Å². The Morgan fingerprint density at radius 2 is 1.89 bits per heavy atom. The number of benzene rings is 1. The van der Waals surface area contributed by atoms with Crippen LogP contribution in [0.2, 0.25) is 0 Å². The second-order valence-corrected chi connectivity index (χ2v) is 5.74. The fourth-order valence-electron chi connectivity index (χ4n) is 2.19. The van der Waals surface area contributed by atoms with Crippen molar-refractivity contribution in [1.29, 1.82) is 0 Å². The van der Waals surface area contributed by atoms with Gasteiger partial charge in [-0.15, -0.1) is 0 Å². The number of primary amides is 1. The molecular weight excluding hydrogens is 250 g/mol. The Morgan fingerprint density at radius 1 is 1.32 bits per heavy atom. The van der Waals surface area contributed by atoms with Crippen LogP contribution in [0.25, 0.3) is 0 Å². The summed E-state index contributed by atoms with van der Waals surface area (Å²) in [5, 5.41) is 0. The van der Waals surface area contributed by atoms with Crippen molar-refractivity contribution >= 4 is 5.91 Å². The van der Waals surface area contributed by atoms with E-state index in [0.717, 1.165) is 12.1 Å². The van der Waals surface area contributed by atoms with Gasteiger partial charge < -0.3 is 11.5 Å². The van der Waals surface area contributed by atoms with Gasteiger partial charge in [0.05, 0.1) is 0 Å². The molecular formula is C14H20F2N2O. The van der Waals surface area contributed by atoms with Crippen LogP contribution >= 0.6 is 0 Å². The van der Waals surface area contributed by atoms with Crippen LogP contribution in [0.4, 0.5) is 8.78 Å². The third-order valence-corrected chi connectivity index (χ3v) is 3.10. The van der Waals surface area contributed by atoms with Crippen LogP contribution in [-0.4, -0.2) is 5.91 Å². The highest BCUT2D eigenvalue weighted by atomic mass is 19.1. The molecule has 0 saturated carbocycles.